The topological polar surface area (TPSA) is 158 Å². The highest BCUT2D eigenvalue weighted by Gasteiger charge is 2.41. The fourth-order valence-corrected chi connectivity index (χ4v) is 5.98. The normalized spacial score (nSPS) is 17.9. The molecule has 0 bridgehead atoms. The molecule has 3 N–H and O–H groups in total. The number of hydrogen-bond donors (Lipinski definition) is 3. The molecule has 2 atom stereocenters. The second-order valence-corrected chi connectivity index (χ2v) is 11.6. The van der Waals surface area contributed by atoms with E-state index in [4.69, 9.17) is 11.6 Å². The fraction of sp³-hybridized carbons (Fsp3) is 0.296. The standard InChI is InChI=1S/C27H30ClN7O5S/c1-29-25(37)12-22-16-34(41(39,40)10-7-19-3-4-21(28)11-24(19)36)17-23(13-26(38)30-2)35(22)27-32-14-20(15-33-27)18-5-8-31-9-6-18/h3-11,14-15,22-23,36H,12-13,16-17H2,1-2H3,(H,29,37)(H,30,38)/b10-7+. The van der Waals surface area contributed by atoms with Gasteiger partial charge in [-0.25, -0.2) is 18.4 Å². The number of benzene rings is 1. The first-order valence-corrected chi connectivity index (χ1v) is 14.6. The zero-order valence-corrected chi connectivity index (χ0v) is 24.0. The number of sulfonamides is 1. The van der Waals surface area contributed by atoms with E-state index in [1.165, 1.54) is 42.7 Å². The average molecular weight is 600 g/mol. The number of phenolic OH excluding ortho intramolecular Hbond substituents is 1. The molecule has 3 heterocycles. The molecule has 1 aromatic carbocycles. The molecular weight excluding hydrogens is 570 g/mol. The van der Waals surface area contributed by atoms with Crippen LogP contribution >= 0.6 is 11.6 Å². The molecule has 14 heteroatoms. The van der Waals surface area contributed by atoms with Crippen molar-refractivity contribution in [3.63, 3.8) is 0 Å². The highest BCUT2D eigenvalue weighted by atomic mass is 35.5. The van der Waals surface area contributed by atoms with Gasteiger partial charge in [0.2, 0.25) is 27.8 Å². The number of nitrogens with zero attached hydrogens (tertiary/aromatic N) is 5. The number of aromatic hydroxyl groups is 1. The van der Waals surface area contributed by atoms with Gasteiger partial charge in [-0.05, 0) is 42.0 Å². The number of pyridine rings is 1. The van der Waals surface area contributed by atoms with Crippen molar-refractivity contribution in [3.8, 4) is 16.9 Å². The number of anilines is 1. The third kappa shape index (κ3) is 7.37. The van der Waals surface area contributed by atoms with Crippen LogP contribution in [0.2, 0.25) is 5.02 Å². The molecule has 12 nitrogen and oxygen atoms in total. The summed E-state index contributed by atoms with van der Waals surface area (Å²) < 4.78 is 28.1. The lowest BCUT2D eigenvalue weighted by atomic mass is 10.0. The minimum Gasteiger partial charge on any atom is -0.507 e. The van der Waals surface area contributed by atoms with Crippen LogP contribution in [0, 0.1) is 0 Å². The highest BCUT2D eigenvalue weighted by Crippen LogP contribution is 2.29. The minimum absolute atomic E-state index is 0.0631. The van der Waals surface area contributed by atoms with Gasteiger partial charge in [0.25, 0.3) is 0 Å². The average Bonchev–Trinajstić information content (AvgIpc) is 2.97. The van der Waals surface area contributed by atoms with Crippen molar-refractivity contribution in [1.82, 2.24) is 29.9 Å². The fourth-order valence-electron chi connectivity index (χ4n) is 4.56. The Labute approximate surface area is 243 Å². The summed E-state index contributed by atoms with van der Waals surface area (Å²) in [6, 6.07) is 6.62. The van der Waals surface area contributed by atoms with Crippen molar-refractivity contribution < 1.29 is 23.1 Å². The van der Waals surface area contributed by atoms with Crippen molar-refractivity contribution in [2.24, 2.45) is 0 Å². The summed E-state index contributed by atoms with van der Waals surface area (Å²) in [5.41, 5.74) is 1.88. The van der Waals surface area contributed by atoms with E-state index in [-0.39, 0.29) is 55.0 Å². The number of phenols is 1. The summed E-state index contributed by atoms with van der Waals surface area (Å²) in [5, 5.41) is 16.6. The number of carbonyl (C=O) groups excluding carboxylic acids is 2. The maximum atomic E-state index is 13.5. The van der Waals surface area contributed by atoms with Gasteiger partial charge in [-0.2, -0.15) is 4.31 Å². The summed E-state index contributed by atoms with van der Waals surface area (Å²) >= 11 is 5.88. The molecule has 1 aliphatic rings. The van der Waals surface area contributed by atoms with E-state index in [0.717, 1.165) is 16.5 Å². The molecule has 0 spiro atoms. The summed E-state index contributed by atoms with van der Waals surface area (Å²) in [5.74, 6) is -0.527. The van der Waals surface area contributed by atoms with Crippen molar-refractivity contribution in [1.29, 1.82) is 0 Å². The molecule has 4 rings (SSSR count). The Kier molecular flexibility index (Phi) is 9.53. The Balaban J connectivity index is 1.69. The van der Waals surface area contributed by atoms with Gasteiger partial charge in [-0.1, -0.05) is 11.6 Å². The maximum Gasteiger partial charge on any atom is 0.236 e. The van der Waals surface area contributed by atoms with Gasteiger partial charge >= 0.3 is 0 Å². The summed E-state index contributed by atoms with van der Waals surface area (Å²) in [6.07, 6.45) is 7.73. The molecule has 0 aliphatic carbocycles. The lowest BCUT2D eigenvalue weighted by Gasteiger charge is -2.45. The number of nitrogens with one attached hydrogen (secondary N) is 2. The Morgan fingerprint density at radius 1 is 1.00 bits per heavy atom. The number of aromatic nitrogens is 3. The van der Waals surface area contributed by atoms with Crippen LogP contribution in [0.4, 0.5) is 5.95 Å². The van der Waals surface area contributed by atoms with Crippen molar-refractivity contribution >= 4 is 45.5 Å². The molecule has 2 aromatic heterocycles. The van der Waals surface area contributed by atoms with E-state index in [1.807, 2.05) is 12.1 Å². The Hall–Kier alpha value is -4.07. The van der Waals surface area contributed by atoms with Crippen LogP contribution in [0.5, 0.6) is 5.75 Å². The molecule has 0 radical (unpaired) electrons. The molecule has 2 amide bonds. The van der Waals surface area contributed by atoms with Crippen LogP contribution in [0.15, 0.2) is 60.5 Å². The molecule has 1 fully saturated rings. The number of halogens is 1. The van der Waals surface area contributed by atoms with Gasteiger partial charge in [0.1, 0.15) is 5.75 Å². The predicted octanol–water partition coefficient (Wildman–Crippen LogP) is 2.03. The van der Waals surface area contributed by atoms with Crippen molar-refractivity contribution in [2.45, 2.75) is 24.9 Å². The van der Waals surface area contributed by atoms with Gasteiger partial charge < -0.3 is 20.6 Å². The van der Waals surface area contributed by atoms with Crippen molar-refractivity contribution in [2.75, 3.05) is 32.1 Å². The maximum absolute atomic E-state index is 13.5. The number of hydrogen-bond acceptors (Lipinski definition) is 9. The quantitative estimate of drug-likeness (QED) is 0.335. The lowest BCUT2D eigenvalue weighted by molar-refractivity contribution is -0.121. The Bertz CT molecular complexity index is 1490. The van der Waals surface area contributed by atoms with Gasteiger partial charge in [0.15, 0.2) is 0 Å². The summed E-state index contributed by atoms with van der Waals surface area (Å²) in [4.78, 5) is 39.9. The zero-order valence-electron chi connectivity index (χ0n) is 22.4. The lowest BCUT2D eigenvalue weighted by Crippen LogP contribution is -2.62. The third-order valence-electron chi connectivity index (χ3n) is 6.67. The summed E-state index contributed by atoms with van der Waals surface area (Å²) in [7, 11) is -1.05. The minimum atomic E-state index is -4.04. The second kappa shape index (κ2) is 13.1. The van der Waals surface area contributed by atoms with Gasteiger partial charge in [0, 0.05) is 86.4 Å². The van der Waals surface area contributed by atoms with Crippen LogP contribution in [0.3, 0.4) is 0 Å². The first kappa shape index (κ1) is 29.9. The van der Waals surface area contributed by atoms with E-state index in [2.05, 4.69) is 25.6 Å². The molecule has 1 saturated heterocycles. The van der Waals surface area contributed by atoms with E-state index in [9.17, 15) is 23.1 Å². The smallest absolute Gasteiger partial charge is 0.236 e. The first-order chi connectivity index (χ1) is 19.6. The number of carbonyl (C=O) groups is 2. The summed E-state index contributed by atoms with van der Waals surface area (Å²) in [6.45, 7) is -0.126. The predicted molar refractivity (Wildman–Crippen MR) is 155 cm³/mol. The van der Waals surface area contributed by atoms with Crippen LogP contribution in [-0.2, 0) is 19.6 Å². The first-order valence-electron chi connectivity index (χ1n) is 12.7. The number of piperazine rings is 1. The Morgan fingerprint density at radius 2 is 1.59 bits per heavy atom. The van der Waals surface area contributed by atoms with E-state index >= 15 is 0 Å². The molecular formula is C27H30ClN7O5S. The molecule has 0 saturated carbocycles. The van der Waals surface area contributed by atoms with E-state index in [0.29, 0.717) is 5.02 Å². The van der Waals surface area contributed by atoms with Crippen LogP contribution < -0.4 is 15.5 Å². The van der Waals surface area contributed by atoms with Crippen LogP contribution in [0.25, 0.3) is 17.2 Å². The Morgan fingerprint density at radius 3 is 2.12 bits per heavy atom. The van der Waals surface area contributed by atoms with Gasteiger partial charge in [0.05, 0.1) is 12.1 Å². The molecule has 3 aromatic rings. The van der Waals surface area contributed by atoms with Crippen molar-refractivity contribution in [3.05, 3.63) is 71.1 Å². The molecule has 2 unspecified atom stereocenters. The number of rotatable bonds is 9. The zero-order chi connectivity index (χ0) is 29.6. The van der Waals surface area contributed by atoms with Gasteiger partial charge in [-0.3, -0.25) is 14.6 Å². The molecule has 216 valence electrons. The van der Waals surface area contributed by atoms with E-state index < -0.39 is 22.1 Å². The van der Waals surface area contributed by atoms with Crippen LogP contribution in [-0.4, -0.2) is 83.9 Å². The molecule has 41 heavy (non-hydrogen) atoms. The SMILES string of the molecule is CNC(=O)CC1CN(S(=O)(=O)/C=C/c2ccc(Cl)cc2O)CC(CC(=O)NC)N1c1ncc(-c2ccncc2)cn1. The monoisotopic (exact) mass is 599 g/mol. The highest BCUT2D eigenvalue weighted by molar-refractivity contribution is 7.92. The molecule has 1 aliphatic heterocycles. The second-order valence-electron chi connectivity index (χ2n) is 9.34. The largest absolute Gasteiger partial charge is 0.507 e. The van der Waals surface area contributed by atoms with Gasteiger partial charge in [-0.15, -0.1) is 0 Å². The van der Waals surface area contributed by atoms with E-state index in [1.54, 1.807) is 29.7 Å². The third-order valence-corrected chi connectivity index (χ3v) is 8.40. The number of amides is 2. The van der Waals surface area contributed by atoms with Crippen LogP contribution in [0.1, 0.15) is 18.4 Å².